The van der Waals surface area contributed by atoms with Crippen molar-refractivity contribution in [3.05, 3.63) is 29.8 Å². The van der Waals surface area contributed by atoms with Crippen molar-refractivity contribution >= 4 is 6.21 Å². The maximum Gasteiger partial charge on any atom is 0.139 e. The summed E-state index contributed by atoms with van der Waals surface area (Å²) in [6.45, 7) is 2.82. The van der Waals surface area contributed by atoms with Gasteiger partial charge in [-0.3, -0.25) is 0 Å². The van der Waals surface area contributed by atoms with Crippen LogP contribution in [0.3, 0.4) is 0 Å². The minimum absolute atomic E-state index is 0.658. The predicted molar refractivity (Wildman–Crippen MR) is 65.0 cm³/mol. The van der Waals surface area contributed by atoms with Crippen LogP contribution in [0.15, 0.2) is 29.4 Å². The van der Waals surface area contributed by atoms with E-state index in [9.17, 15) is 0 Å². The standard InChI is InChI=1S/C13H18NO2/c1-3-4-5-9-16-14-11-12-7-6-8-13(10-12)15-2/h6-8,10H,3-5,9H2,1-2H3. The van der Waals surface area contributed by atoms with Crippen molar-refractivity contribution in [3.63, 3.8) is 0 Å². The van der Waals surface area contributed by atoms with E-state index in [-0.39, 0.29) is 0 Å². The Labute approximate surface area is 97.1 Å². The van der Waals surface area contributed by atoms with Crippen LogP contribution in [0, 0.1) is 0 Å². The van der Waals surface area contributed by atoms with E-state index in [0.29, 0.717) is 6.61 Å². The second-order valence-electron chi connectivity index (χ2n) is 3.48. The molecule has 0 amide bonds. The van der Waals surface area contributed by atoms with Gasteiger partial charge in [0.05, 0.1) is 7.11 Å². The van der Waals surface area contributed by atoms with E-state index in [1.165, 1.54) is 12.8 Å². The molecule has 87 valence electrons. The molecular formula is C13H18NO2. The highest BCUT2D eigenvalue weighted by Crippen LogP contribution is 2.10. The largest absolute Gasteiger partial charge is 0.497 e. The lowest BCUT2D eigenvalue weighted by atomic mass is 10.2. The molecule has 0 fully saturated rings. The molecule has 0 aliphatic heterocycles. The molecule has 0 unspecified atom stereocenters. The number of ether oxygens (including phenoxy) is 1. The van der Waals surface area contributed by atoms with Gasteiger partial charge in [-0.1, -0.05) is 37.1 Å². The van der Waals surface area contributed by atoms with Crippen LogP contribution in [0.4, 0.5) is 0 Å². The molecule has 3 heteroatoms. The second kappa shape index (κ2) is 7.74. The van der Waals surface area contributed by atoms with Gasteiger partial charge in [-0.15, -0.1) is 0 Å². The molecule has 0 atom stereocenters. The van der Waals surface area contributed by atoms with E-state index >= 15 is 0 Å². The first kappa shape index (κ1) is 12.6. The molecule has 0 aromatic heterocycles. The summed E-state index contributed by atoms with van der Waals surface area (Å²) in [5.74, 6) is 0.797. The lowest BCUT2D eigenvalue weighted by molar-refractivity contribution is 0.141. The first-order valence-electron chi connectivity index (χ1n) is 5.59. The van der Waals surface area contributed by atoms with Crippen LogP contribution in [0.25, 0.3) is 0 Å². The molecule has 0 bridgehead atoms. The van der Waals surface area contributed by atoms with Gasteiger partial charge >= 0.3 is 0 Å². The highest BCUT2D eigenvalue weighted by atomic mass is 16.6. The Morgan fingerprint density at radius 3 is 2.94 bits per heavy atom. The monoisotopic (exact) mass is 220 g/mol. The van der Waals surface area contributed by atoms with Crippen LogP contribution in [-0.4, -0.2) is 19.9 Å². The Morgan fingerprint density at radius 1 is 1.31 bits per heavy atom. The molecule has 1 rings (SSSR count). The summed E-state index contributed by atoms with van der Waals surface area (Å²) in [6, 6.07) is 7.54. The van der Waals surface area contributed by atoms with Gasteiger partial charge in [-0.25, -0.2) is 0 Å². The SMILES string of the molecule is CCCCCO/N=[C]/c1cccc(OC)c1. The molecule has 1 aromatic rings. The molecule has 0 heterocycles. The summed E-state index contributed by atoms with van der Waals surface area (Å²) in [4.78, 5) is 5.09. The molecule has 16 heavy (non-hydrogen) atoms. The average molecular weight is 220 g/mol. The van der Waals surface area contributed by atoms with Gasteiger partial charge in [0, 0.05) is 5.56 Å². The van der Waals surface area contributed by atoms with Crippen LogP contribution < -0.4 is 4.74 Å². The zero-order chi connectivity index (χ0) is 11.6. The number of nitrogens with zero attached hydrogens (tertiary/aromatic N) is 1. The Bertz CT molecular complexity index is 323. The lowest BCUT2D eigenvalue weighted by Crippen LogP contribution is -1.90. The maximum atomic E-state index is 5.09. The van der Waals surface area contributed by atoms with E-state index in [1.54, 1.807) is 7.11 Å². The highest BCUT2D eigenvalue weighted by molar-refractivity contribution is 5.79. The Morgan fingerprint density at radius 2 is 2.19 bits per heavy atom. The summed E-state index contributed by atoms with van der Waals surface area (Å²) in [5.41, 5.74) is 0.856. The molecular weight excluding hydrogens is 202 g/mol. The molecule has 0 saturated carbocycles. The van der Waals surface area contributed by atoms with Gasteiger partial charge in [0.2, 0.25) is 0 Å². The zero-order valence-electron chi connectivity index (χ0n) is 9.90. The van der Waals surface area contributed by atoms with Crippen molar-refractivity contribution in [2.45, 2.75) is 26.2 Å². The summed E-state index contributed by atoms with van der Waals surface area (Å²) >= 11 is 0. The van der Waals surface area contributed by atoms with Gasteiger partial charge in [0.25, 0.3) is 0 Å². The third-order valence-corrected chi connectivity index (χ3v) is 2.15. The smallest absolute Gasteiger partial charge is 0.139 e. The average Bonchev–Trinajstić information content (AvgIpc) is 2.34. The molecule has 1 aromatic carbocycles. The van der Waals surface area contributed by atoms with Gasteiger partial charge in [-0.05, 0) is 18.6 Å². The summed E-state index contributed by atoms with van der Waals surface area (Å²) in [6.07, 6.45) is 6.22. The van der Waals surface area contributed by atoms with Crippen molar-refractivity contribution in [1.82, 2.24) is 0 Å². The summed E-state index contributed by atoms with van der Waals surface area (Å²) in [7, 11) is 1.64. The van der Waals surface area contributed by atoms with Crippen molar-refractivity contribution in [2.75, 3.05) is 13.7 Å². The van der Waals surface area contributed by atoms with Crippen LogP contribution in [0.5, 0.6) is 5.75 Å². The first-order chi connectivity index (χ1) is 7.86. The first-order valence-corrected chi connectivity index (χ1v) is 5.59. The maximum absolute atomic E-state index is 5.09. The fraction of sp³-hybridized carbons (Fsp3) is 0.462. The van der Waals surface area contributed by atoms with E-state index < -0.39 is 0 Å². The van der Waals surface area contributed by atoms with Crippen molar-refractivity contribution in [3.8, 4) is 5.75 Å². The topological polar surface area (TPSA) is 30.8 Å². The quantitative estimate of drug-likeness (QED) is 0.401. The minimum Gasteiger partial charge on any atom is -0.497 e. The molecule has 0 saturated heterocycles. The number of hydrogen-bond donors (Lipinski definition) is 0. The number of benzene rings is 1. The summed E-state index contributed by atoms with van der Waals surface area (Å²) < 4.78 is 5.09. The number of rotatable bonds is 7. The number of unbranched alkanes of at least 4 members (excludes halogenated alkanes) is 2. The van der Waals surface area contributed by atoms with Gasteiger partial charge in [0.15, 0.2) is 0 Å². The third kappa shape index (κ3) is 4.82. The van der Waals surface area contributed by atoms with Crippen molar-refractivity contribution in [2.24, 2.45) is 5.16 Å². The Hall–Kier alpha value is -1.51. The van der Waals surface area contributed by atoms with E-state index in [0.717, 1.165) is 17.7 Å². The Balaban J connectivity index is 2.32. The second-order valence-corrected chi connectivity index (χ2v) is 3.48. The van der Waals surface area contributed by atoms with Crippen LogP contribution in [0.2, 0.25) is 0 Å². The minimum atomic E-state index is 0.658. The van der Waals surface area contributed by atoms with E-state index in [1.807, 2.05) is 24.3 Å². The van der Waals surface area contributed by atoms with Crippen LogP contribution >= 0.6 is 0 Å². The molecule has 1 radical (unpaired) electrons. The zero-order valence-corrected chi connectivity index (χ0v) is 9.90. The molecule has 0 spiro atoms. The van der Waals surface area contributed by atoms with Gasteiger partial charge < -0.3 is 9.57 Å². The third-order valence-electron chi connectivity index (χ3n) is 2.15. The van der Waals surface area contributed by atoms with Crippen molar-refractivity contribution in [1.29, 1.82) is 0 Å². The molecule has 0 aliphatic rings. The molecule has 3 nitrogen and oxygen atoms in total. The van der Waals surface area contributed by atoms with Crippen molar-refractivity contribution < 1.29 is 9.57 Å². The fourth-order valence-corrected chi connectivity index (χ4v) is 1.24. The van der Waals surface area contributed by atoms with Crippen LogP contribution in [-0.2, 0) is 4.84 Å². The predicted octanol–water partition coefficient (Wildman–Crippen LogP) is 3.11. The lowest BCUT2D eigenvalue weighted by Gasteiger charge is -1.99. The summed E-state index contributed by atoms with van der Waals surface area (Å²) in [5, 5.41) is 3.78. The van der Waals surface area contributed by atoms with E-state index in [4.69, 9.17) is 9.57 Å². The molecule has 0 N–H and O–H groups in total. The van der Waals surface area contributed by atoms with Crippen LogP contribution in [0.1, 0.15) is 31.7 Å². The van der Waals surface area contributed by atoms with Gasteiger partial charge in [-0.2, -0.15) is 0 Å². The van der Waals surface area contributed by atoms with Gasteiger partial charge in [0.1, 0.15) is 18.6 Å². The Kier molecular flexibility index (Phi) is 6.07. The number of methoxy groups -OCH3 is 1. The normalized spacial score (nSPS) is 10.6. The molecule has 0 aliphatic carbocycles. The fourth-order valence-electron chi connectivity index (χ4n) is 1.24. The number of hydrogen-bond acceptors (Lipinski definition) is 3. The van der Waals surface area contributed by atoms with E-state index in [2.05, 4.69) is 18.3 Å². The highest BCUT2D eigenvalue weighted by Gasteiger charge is 1.93.